The van der Waals surface area contributed by atoms with Crippen LogP contribution in [0, 0.1) is 0 Å². The van der Waals surface area contributed by atoms with Gasteiger partial charge in [0, 0.05) is 39.1 Å². The number of rotatable bonds is 6. The fourth-order valence-corrected chi connectivity index (χ4v) is 3.37. The Morgan fingerprint density at radius 3 is 2.48 bits per heavy atom. The first-order valence-corrected chi connectivity index (χ1v) is 9.06. The Morgan fingerprint density at radius 1 is 1.20 bits per heavy atom. The predicted octanol–water partition coefficient (Wildman–Crippen LogP) is 2.22. The van der Waals surface area contributed by atoms with Crippen LogP contribution < -0.4 is 0 Å². The van der Waals surface area contributed by atoms with Crippen molar-refractivity contribution in [2.24, 2.45) is 0 Å². The highest BCUT2D eigenvalue weighted by Gasteiger charge is 2.30. The Morgan fingerprint density at radius 2 is 1.88 bits per heavy atom. The van der Waals surface area contributed by atoms with Crippen molar-refractivity contribution in [1.82, 2.24) is 19.9 Å². The molecule has 1 N–H and O–H groups in total. The minimum absolute atomic E-state index is 0.129. The molecule has 0 spiro atoms. The summed E-state index contributed by atoms with van der Waals surface area (Å²) in [6.45, 7) is 10.4. The number of piperazine rings is 1. The highest BCUT2D eigenvalue weighted by molar-refractivity contribution is 5.21. The van der Waals surface area contributed by atoms with Crippen molar-refractivity contribution in [3.05, 3.63) is 47.6 Å². The third-order valence-electron chi connectivity index (χ3n) is 5.04. The van der Waals surface area contributed by atoms with Gasteiger partial charge in [-0.3, -0.25) is 9.80 Å². The monoisotopic (exact) mass is 344 g/mol. The molecule has 1 aromatic carbocycles. The molecular weight excluding hydrogens is 316 g/mol. The van der Waals surface area contributed by atoms with Crippen LogP contribution in [0.1, 0.15) is 44.1 Å². The lowest BCUT2D eigenvalue weighted by molar-refractivity contribution is -0.00578. The van der Waals surface area contributed by atoms with E-state index in [1.807, 2.05) is 44.2 Å². The van der Waals surface area contributed by atoms with E-state index in [0.29, 0.717) is 12.4 Å². The third-order valence-corrected chi connectivity index (χ3v) is 5.04. The highest BCUT2D eigenvalue weighted by Crippen LogP contribution is 2.24. The minimum Gasteiger partial charge on any atom is -0.384 e. The highest BCUT2D eigenvalue weighted by atomic mass is 16.5. The Labute approximate surface area is 149 Å². The van der Waals surface area contributed by atoms with Crippen LogP contribution in [0.4, 0.5) is 0 Å². The lowest BCUT2D eigenvalue weighted by Gasteiger charge is -2.39. The van der Waals surface area contributed by atoms with E-state index in [-0.39, 0.29) is 6.04 Å². The number of β-amino-alcohol motifs (C(OH)–C–C–N with tert-alkyl or cyclic N) is 1. The van der Waals surface area contributed by atoms with Gasteiger partial charge in [-0.2, -0.15) is 4.98 Å². The van der Waals surface area contributed by atoms with Crippen LogP contribution >= 0.6 is 0 Å². The maximum atomic E-state index is 10.8. The molecule has 2 atom stereocenters. The number of aryl methyl sites for hydroxylation is 1. The van der Waals surface area contributed by atoms with Crippen molar-refractivity contribution in [1.29, 1.82) is 0 Å². The average molecular weight is 344 g/mol. The van der Waals surface area contributed by atoms with E-state index in [0.717, 1.165) is 44.0 Å². The van der Waals surface area contributed by atoms with Crippen molar-refractivity contribution < 1.29 is 9.63 Å². The number of hydrogen-bond donors (Lipinski definition) is 1. The molecule has 136 valence electrons. The summed E-state index contributed by atoms with van der Waals surface area (Å²) in [5, 5.41) is 14.8. The van der Waals surface area contributed by atoms with Gasteiger partial charge in [0.15, 0.2) is 5.82 Å². The maximum absolute atomic E-state index is 10.8. The summed E-state index contributed by atoms with van der Waals surface area (Å²) in [6, 6.07) is 10.0. The largest absolute Gasteiger partial charge is 0.384 e. The van der Waals surface area contributed by atoms with Crippen molar-refractivity contribution in [2.75, 3.05) is 32.7 Å². The van der Waals surface area contributed by atoms with Crippen molar-refractivity contribution in [3.8, 4) is 0 Å². The van der Waals surface area contributed by atoms with Gasteiger partial charge in [0.2, 0.25) is 5.89 Å². The quantitative estimate of drug-likeness (QED) is 0.867. The summed E-state index contributed by atoms with van der Waals surface area (Å²) in [4.78, 5) is 9.13. The zero-order valence-electron chi connectivity index (χ0n) is 15.4. The van der Waals surface area contributed by atoms with Crippen LogP contribution in [0.2, 0.25) is 0 Å². The lowest BCUT2D eigenvalue weighted by atomic mass is 9.95. The van der Waals surface area contributed by atoms with Crippen LogP contribution in [0.5, 0.6) is 0 Å². The van der Waals surface area contributed by atoms with Crippen molar-refractivity contribution in [2.45, 2.75) is 38.8 Å². The molecule has 1 aliphatic rings. The first-order valence-electron chi connectivity index (χ1n) is 9.06. The third kappa shape index (κ3) is 4.26. The molecule has 1 aliphatic heterocycles. The molecule has 0 saturated carbocycles. The van der Waals surface area contributed by atoms with Gasteiger partial charge in [0.1, 0.15) is 0 Å². The van der Waals surface area contributed by atoms with Gasteiger partial charge in [-0.05, 0) is 19.4 Å². The van der Waals surface area contributed by atoms with E-state index in [4.69, 9.17) is 4.52 Å². The van der Waals surface area contributed by atoms with E-state index in [1.165, 1.54) is 0 Å². The van der Waals surface area contributed by atoms with Crippen LogP contribution in [0.3, 0.4) is 0 Å². The lowest BCUT2D eigenvalue weighted by Crippen LogP contribution is -2.50. The molecular formula is C19H28N4O2. The number of nitrogens with zero attached hydrogens (tertiary/aromatic N) is 4. The van der Waals surface area contributed by atoms with Gasteiger partial charge in [0.25, 0.3) is 0 Å². The minimum atomic E-state index is -0.836. The standard InChI is InChI=1S/C19H28N4O2/c1-4-17-20-18(25-21-17)15(2)23-12-10-22(11-13-23)14-19(3,24)16-8-6-5-7-9-16/h5-9,15,24H,4,10-14H2,1-3H3/t15-,19+/m0/s1. The van der Waals surface area contributed by atoms with Gasteiger partial charge in [-0.25, -0.2) is 0 Å². The van der Waals surface area contributed by atoms with Crippen LogP contribution in [-0.4, -0.2) is 57.8 Å². The smallest absolute Gasteiger partial charge is 0.243 e. The Bertz CT molecular complexity index is 663. The molecule has 0 unspecified atom stereocenters. The topological polar surface area (TPSA) is 65.6 Å². The number of hydrogen-bond acceptors (Lipinski definition) is 6. The fraction of sp³-hybridized carbons (Fsp3) is 0.579. The van der Waals surface area contributed by atoms with Gasteiger partial charge in [-0.15, -0.1) is 0 Å². The zero-order chi connectivity index (χ0) is 17.9. The number of aromatic nitrogens is 2. The average Bonchev–Trinajstić information content (AvgIpc) is 3.11. The summed E-state index contributed by atoms with van der Waals surface area (Å²) >= 11 is 0. The zero-order valence-corrected chi connectivity index (χ0v) is 15.4. The van der Waals surface area contributed by atoms with E-state index in [9.17, 15) is 5.11 Å². The molecule has 1 saturated heterocycles. The van der Waals surface area contributed by atoms with Gasteiger partial charge in [-0.1, -0.05) is 42.4 Å². The normalized spacial score (nSPS) is 20.3. The predicted molar refractivity (Wildman–Crippen MR) is 96.1 cm³/mol. The van der Waals surface area contributed by atoms with Crippen molar-refractivity contribution in [3.63, 3.8) is 0 Å². The molecule has 0 bridgehead atoms. The molecule has 2 aromatic rings. The summed E-state index contributed by atoms with van der Waals surface area (Å²) < 4.78 is 5.38. The Kier molecular flexibility index (Phi) is 5.51. The van der Waals surface area contributed by atoms with Gasteiger partial charge in [0.05, 0.1) is 11.6 Å². The fourth-order valence-electron chi connectivity index (χ4n) is 3.37. The summed E-state index contributed by atoms with van der Waals surface area (Å²) in [7, 11) is 0. The second-order valence-corrected chi connectivity index (χ2v) is 7.03. The van der Waals surface area contributed by atoms with E-state index < -0.39 is 5.60 Å². The van der Waals surface area contributed by atoms with Crippen LogP contribution in [0.15, 0.2) is 34.9 Å². The molecule has 1 fully saturated rings. The van der Waals surface area contributed by atoms with Gasteiger partial charge < -0.3 is 9.63 Å². The summed E-state index contributed by atoms with van der Waals surface area (Å²) in [5.74, 6) is 1.46. The first kappa shape index (κ1) is 18.0. The summed E-state index contributed by atoms with van der Waals surface area (Å²) in [5.41, 5.74) is 0.126. The molecule has 25 heavy (non-hydrogen) atoms. The second-order valence-electron chi connectivity index (χ2n) is 7.03. The van der Waals surface area contributed by atoms with Crippen molar-refractivity contribution >= 4 is 0 Å². The van der Waals surface area contributed by atoms with Gasteiger partial charge >= 0.3 is 0 Å². The maximum Gasteiger partial charge on any atom is 0.243 e. The molecule has 2 heterocycles. The van der Waals surface area contributed by atoms with E-state index in [2.05, 4.69) is 26.9 Å². The SMILES string of the molecule is CCc1noc([C@H](C)N2CCN(C[C@@](C)(O)c3ccccc3)CC2)n1. The molecule has 0 aliphatic carbocycles. The first-order chi connectivity index (χ1) is 12.0. The molecule has 6 heteroatoms. The van der Waals surface area contributed by atoms with Crippen LogP contribution in [-0.2, 0) is 12.0 Å². The molecule has 6 nitrogen and oxygen atoms in total. The molecule has 0 amide bonds. The Hall–Kier alpha value is -1.76. The van der Waals surface area contributed by atoms with E-state index >= 15 is 0 Å². The molecule has 3 rings (SSSR count). The van der Waals surface area contributed by atoms with Crippen LogP contribution in [0.25, 0.3) is 0 Å². The number of aliphatic hydroxyl groups is 1. The number of benzene rings is 1. The second kappa shape index (κ2) is 7.64. The molecule has 0 radical (unpaired) electrons. The summed E-state index contributed by atoms with van der Waals surface area (Å²) in [6.07, 6.45) is 0.790. The Balaban J connectivity index is 1.55. The molecule has 1 aromatic heterocycles. The van der Waals surface area contributed by atoms with E-state index in [1.54, 1.807) is 0 Å².